The summed E-state index contributed by atoms with van der Waals surface area (Å²) in [5, 5.41) is 7.35. The standard InChI is InChI=1S/C17H14N2O/c1-12(20)14-8-5-9-15(10-14)17-11-16(18-19-17)13-6-3-2-4-7-13/h2-11H,1H3,(H,18,19). The number of nitrogens with one attached hydrogen (secondary N) is 1. The molecule has 3 nitrogen and oxygen atoms in total. The number of H-pyrrole nitrogens is 1. The SMILES string of the molecule is CC(=O)c1cccc(-c2cc(-c3ccccc3)n[nH]2)c1. The van der Waals surface area contributed by atoms with Crippen molar-refractivity contribution in [3.8, 4) is 22.5 Å². The molecule has 0 radical (unpaired) electrons. The fourth-order valence-electron chi connectivity index (χ4n) is 2.13. The van der Waals surface area contributed by atoms with E-state index in [1.165, 1.54) is 0 Å². The van der Waals surface area contributed by atoms with Gasteiger partial charge in [-0.3, -0.25) is 9.89 Å². The predicted molar refractivity (Wildman–Crippen MR) is 79.5 cm³/mol. The van der Waals surface area contributed by atoms with Gasteiger partial charge in [0.05, 0.1) is 11.4 Å². The molecule has 0 aliphatic carbocycles. The minimum Gasteiger partial charge on any atom is -0.295 e. The lowest BCUT2D eigenvalue weighted by Gasteiger charge is -1.99. The minimum atomic E-state index is 0.0645. The molecule has 0 aliphatic rings. The number of hydrogen-bond donors (Lipinski definition) is 1. The van der Waals surface area contributed by atoms with Crippen LogP contribution in [0.3, 0.4) is 0 Å². The quantitative estimate of drug-likeness (QED) is 0.726. The van der Waals surface area contributed by atoms with Crippen molar-refractivity contribution in [1.29, 1.82) is 0 Å². The maximum atomic E-state index is 11.4. The third kappa shape index (κ3) is 2.38. The van der Waals surface area contributed by atoms with Crippen LogP contribution >= 0.6 is 0 Å². The predicted octanol–water partition coefficient (Wildman–Crippen LogP) is 3.95. The molecule has 98 valence electrons. The Morgan fingerprint density at radius 1 is 0.950 bits per heavy atom. The third-order valence-electron chi connectivity index (χ3n) is 3.23. The van der Waals surface area contributed by atoms with Gasteiger partial charge in [-0.2, -0.15) is 5.10 Å². The summed E-state index contributed by atoms with van der Waals surface area (Å²) >= 11 is 0. The second kappa shape index (κ2) is 5.13. The first kappa shape index (κ1) is 12.4. The van der Waals surface area contributed by atoms with E-state index in [9.17, 15) is 4.79 Å². The van der Waals surface area contributed by atoms with Gasteiger partial charge in [0, 0.05) is 16.7 Å². The highest BCUT2D eigenvalue weighted by Crippen LogP contribution is 2.24. The largest absolute Gasteiger partial charge is 0.295 e. The molecule has 0 bridgehead atoms. The van der Waals surface area contributed by atoms with Crippen LogP contribution in [0.4, 0.5) is 0 Å². The first-order valence-corrected chi connectivity index (χ1v) is 6.46. The summed E-state index contributed by atoms with van der Waals surface area (Å²) in [4.78, 5) is 11.4. The monoisotopic (exact) mass is 262 g/mol. The van der Waals surface area contributed by atoms with Crippen molar-refractivity contribution < 1.29 is 4.79 Å². The van der Waals surface area contributed by atoms with Gasteiger partial charge in [-0.05, 0) is 19.1 Å². The average molecular weight is 262 g/mol. The topological polar surface area (TPSA) is 45.8 Å². The lowest BCUT2D eigenvalue weighted by molar-refractivity contribution is 0.101. The van der Waals surface area contributed by atoms with Crippen molar-refractivity contribution in [3.63, 3.8) is 0 Å². The van der Waals surface area contributed by atoms with Crippen molar-refractivity contribution in [2.45, 2.75) is 6.92 Å². The third-order valence-corrected chi connectivity index (χ3v) is 3.23. The van der Waals surface area contributed by atoms with Crippen LogP contribution in [0.15, 0.2) is 60.7 Å². The summed E-state index contributed by atoms with van der Waals surface area (Å²) in [7, 11) is 0. The molecule has 1 N–H and O–H groups in total. The normalized spacial score (nSPS) is 10.4. The summed E-state index contributed by atoms with van der Waals surface area (Å²) in [6.45, 7) is 1.57. The van der Waals surface area contributed by atoms with Crippen molar-refractivity contribution in [2.75, 3.05) is 0 Å². The van der Waals surface area contributed by atoms with Crippen molar-refractivity contribution >= 4 is 5.78 Å². The highest BCUT2D eigenvalue weighted by Gasteiger charge is 2.07. The number of hydrogen-bond acceptors (Lipinski definition) is 2. The molecule has 20 heavy (non-hydrogen) atoms. The minimum absolute atomic E-state index is 0.0645. The van der Waals surface area contributed by atoms with Crippen LogP contribution in [0, 0.1) is 0 Å². The lowest BCUT2D eigenvalue weighted by atomic mass is 10.0. The van der Waals surface area contributed by atoms with Gasteiger partial charge >= 0.3 is 0 Å². The highest BCUT2D eigenvalue weighted by molar-refractivity contribution is 5.95. The Kier molecular flexibility index (Phi) is 3.17. The number of aromatic amines is 1. The molecule has 0 unspecified atom stereocenters. The van der Waals surface area contributed by atoms with Crippen molar-refractivity contribution in [1.82, 2.24) is 10.2 Å². The van der Waals surface area contributed by atoms with Gasteiger partial charge in [-0.1, -0.05) is 48.5 Å². The van der Waals surface area contributed by atoms with Crippen LogP contribution in [0.2, 0.25) is 0 Å². The molecular weight excluding hydrogens is 248 g/mol. The number of nitrogens with zero attached hydrogens (tertiary/aromatic N) is 1. The molecule has 0 fully saturated rings. The van der Waals surface area contributed by atoms with E-state index in [4.69, 9.17) is 0 Å². The fraction of sp³-hybridized carbons (Fsp3) is 0.0588. The lowest BCUT2D eigenvalue weighted by Crippen LogP contribution is -1.91. The molecule has 0 atom stereocenters. The van der Waals surface area contributed by atoms with E-state index in [1.807, 2.05) is 60.7 Å². The molecular formula is C17H14N2O. The molecule has 0 saturated carbocycles. The average Bonchev–Trinajstić information content (AvgIpc) is 2.98. The van der Waals surface area contributed by atoms with Gasteiger partial charge in [-0.15, -0.1) is 0 Å². The Hall–Kier alpha value is -2.68. The van der Waals surface area contributed by atoms with Crippen LogP contribution < -0.4 is 0 Å². The van der Waals surface area contributed by atoms with Crippen molar-refractivity contribution in [2.24, 2.45) is 0 Å². The molecule has 0 saturated heterocycles. The van der Waals surface area contributed by atoms with E-state index in [0.29, 0.717) is 5.56 Å². The van der Waals surface area contributed by atoms with E-state index in [1.54, 1.807) is 6.92 Å². The molecule has 0 spiro atoms. The zero-order valence-electron chi connectivity index (χ0n) is 11.1. The molecule has 1 heterocycles. The number of rotatable bonds is 3. The number of aromatic nitrogens is 2. The zero-order valence-corrected chi connectivity index (χ0v) is 11.1. The number of benzene rings is 2. The second-order valence-electron chi connectivity index (χ2n) is 4.67. The Morgan fingerprint density at radius 2 is 1.70 bits per heavy atom. The van der Waals surface area contributed by atoms with Crippen molar-refractivity contribution in [3.05, 3.63) is 66.2 Å². The van der Waals surface area contributed by atoms with Gasteiger partial charge in [0.25, 0.3) is 0 Å². The number of carbonyl (C=O) groups excluding carboxylic acids is 1. The van der Waals surface area contributed by atoms with Gasteiger partial charge < -0.3 is 0 Å². The Labute approximate surface area is 117 Å². The smallest absolute Gasteiger partial charge is 0.159 e. The summed E-state index contributed by atoms with van der Waals surface area (Å²) < 4.78 is 0. The highest BCUT2D eigenvalue weighted by atomic mass is 16.1. The second-order valence-corrected chi connectivity index (χ2v) is 4.67. The van der Waals surface area contributed by atoms with Gasteiger partial charge in [-0.25, -0.2) is 0 Å². The molecule has 2 aromatic carbocycles. The first-order valence-electron chi connectivity index (χ1n) is 6.46. The molecule has 0 aliphatic heterocycles. The van der Waals surface area contributed by atoms with Crippen LogP contribution in [-0.2, 0) is 0 Å². The van der Waals surface area contributed by atoms with E-state index in [0.717, 1.165) is 22.5 Å². The molecule has 3 rings (SSSR count). The van der Waals surface area contributed by atoms with Gasteiger partial charge in [0.2, 0.25) is 0 Å². The molecule has 3 heteroatoms. The summed E-state index contributed by atoms with van der Waals surface area (Å²) in [6.07, 6.45) is 0. The summed E-state index contributed by atoms with van der Waals surface area (Å²) in [5.41, 5.74) is 4.55. The Morgan fingerprint density at radius 3 is 2.45 bits per heavy atom. The Balaban J connectivity index is 1.98. The summed E-state index contributed by atoms with van der Waals surface area (Å²) in [6, 6.07) is 19.5. The van der Waals surface area contributed by atoms with Crippen LogP contribution in [0.25, 0.3) is 22.5 Å². The number of carbonyl (C=O) groups is 1. The number of Topliss-reactive ketones (excluding diaryl/α,β-unsaturated/α-hetero) is 1. The molecule has 3 aromatic rings. The molecule has 1 aromatic heterocycles. The van der Waals surface area contributed by atoms with E-state index >= 15 is 0 Å². The van der Waals surface area contributed by atoms with Gasteiger partial charge in [0.1, 0.15) is 0 Å². The van der Waals surface area contributed by atoms with E-state index in [-0.39, 0.29) is 5.78 Å². The molecule has 0 amide bonds. The summed E-state index contributed by atoms with van der Waals surface area (Å²) in [5.74, 6) is 0.0645. The Bertz CT molecular complexity index is 744. The zero-order chi connectivity index (χ0) is 13.9. The van der Waals surface area contributed by atoms with E-state index in [2.05, 4.69) is 10.2 Å². The number of ketones is 1. The van der Waals surface area contributed by atoms with Crippen LogP contribution in [0.1, 0.15) is 17.3 Å². The van der Waals surface area contributed by atoms with Crippen LogP contribution in [-0.4, -0.2) is 16.0 Å². The fourth-order valence-corrected chi connectivity index (χ4v) is 2.13. The van der Waals surface area contributed by atoms with E-state index < -0.39 is 0 Å². The van der Waals surface area contributed by atoms with Gasteiger partial charge in [0.15, 0.2) is 5.78 Å². The van der Waals surface area contributed by atoms with Crippen LogP contribution in [0.5, 0.6) is 0 Å². The maximum absolute atomic E-state index is 11.4. The maximum Gasteiger partial charge on any atom is 0.159 e. The first-order chi connectivity index (χ1) is 9.74.